The van der Waals surface area contributed by atoms with Crippen LogP contribution in [0.2, 0.25) is 0 Å². The second-order valence-corrected chi connectivity index (χ2v) is 6.26. The number of rotatable bonds is 4. The van der Waals surface area contributed by atoms with E-state index in [1.807, 2.05) is 25.1 Å². The monoisotopic (exact) mass is 497 g/mol. The zero-order valence-corrected chi connectivity index (χ0v) is 17.9. The van der Waals surface area contributed by atoms with Crippen LogP contribution in [0.25, 0.3) is 11.0 Å². The molecule has 6 nitrogen and oxygen atoms in total. The van der Waals surface area contributed by atoms with E-state index in [9.17, 15) is 4.39 Å². The summed E-state index contributed by atoms with van der Waals surface area (Å²) in [5.41, 5.74) is 2.65. The Kier molecular flexibility index (Phi) is 6.28. The molecule has 148 valence electrons. The van der Waals surface area contributed by atoms with Gasteiger partial charge < -0.3 is 24.5 Å². The maximum absolute atomic E-state index is 13.4. The lowest BCUT2D eigenvalue weighted by molar-refractivity contribution is 0.174. The normalized spacial score (nSPS) is 12.8. The highest BCUT2D eigenvalue weighted by Gasteiger charge is 2.14. The van der Waals surface area contributed by atoms with Crippen LogP contribution < -0.4 is 20.1 Å². The van der Waals surface area contributed by atoms with Crippen molar-refractivity contribution in [2.45, 2.75) is 20.0 Å². The number of nitrogens with one attached hydrogen (secondary N) is 2. The van der Waals surface area contributed by atoms with Gasteiger partial charge in [-0.1, -0.05) is 6.07 Å². The molecule has 8 heteroatoms. The highest BCUT2D eigenvalue weighted by molar-refractivity contribution is 14.0. The van der Waals surface area contributed by atoms with Crippen LogP contribution in [-0.4, -0.2) is 19.8 Å². The quantitative estimate of drug-likeness (QED) is 0.323. The van der Waals surface area contributed by atoms with E-state index in [2.05, 4.69) is 15.6 Å². The summed E-state index contributed by atoms with van der Waals surface area (Å²) in [4.78, 5) is 4.23. The van der Waals surface area contributed by atoms with Gasteiger partial charge in [0.05, 0.1) is 6.54 Å². The number of fused-ring (bicyclic) bond motifs is 2. The van der Waals surface area contributed by atoms with Crippen molar-refractivity contribution in [3.8, 4) is 11.5 Å². The number of guanidine groups is 1. The Morgan fingerprint density at radius 1 is 1.07 bits per heavy atom. The number of aryl methyl sites for hydroxylation is 1. The number of furan rings is 1. The number of hydrogen-bond donors (Lipinski definition) is 2. The van der Waals surface area contributed by atoms with E-state index in [0.29, 0.717) is 24.6 Å². The number of halogens is 2. The van der Waals surface area contributed by atoms with E-state index in [-0.39, 0.29) is 36.6 Å². The van der Waals surface area contributed by atoms with E-state index in [0.717, 1.165) is 33.8 Å². The van der Waals surface area contributed by atoms with E-state index >= 15 is 0 Å². The highest BCUT2D eigenvalue weighted by Crippen LogP contribution is 2.32. The Morgan fingerprint density at radius 2 is 1.86 bits per heavy atom. The van der Waals surface area contributed by atoms with Gasteiger partial charge in [-0.3, -0.25) is 4.99 Å². The minimum atomic E-state index is -0.271. The lowest BCUT2D eigenvalue weighted by Crippen LogP contribution is -2.36. The number of hydrogen-bond acceptors (Lipinski definition) is 4. The van der Waals surface area contributed by atoms with E-state index in [4.69, 9.17) is 13.9 Å². The fourth-order valence-corrected chi connectivity index (χ4v) is 3.03. The Hall–Kier alpha value is -2.49. The number of benzene rings is 2. The molecule has 28 heavy (non-hydrogen) atoms. The molecule has 0 atom stereocenters. The molecule has 4 rings (SSSR count). The SMILES string of the molecule is CN=C(NCc1ccc2c(c1)OCO2)NCc1oc2ccc(F)cc2c1C.I. The van der Waals surface area contributed by atoms with E-state index in [1.54, 1.807) is 13.1 Å². The molecule has 0 amide bonds. The first-order chi connectivity index (χ1) is 13.1. The molecule has 2 aromatic carbocycles. The molecule has 0 aliphatic carbocycles. The third-order valence-electron chi connectivity index (χ3n) is 4.53. The Morgan fingerprint density at radius 3 is 2.68 bits per heavy atom. The van der Waals surface area contributed by atoms with Crippen molar-refractivity contribution in [1.82, 2.24) is 10.6 Å². The standard InChI is InChI=1S/C20H20FN3O3.HI/c1-12-15-8-14(21)4-6-16(15)27-19(12)10-24-20(22-2)23-9-13-3-5-17-18(7-13)26-11-25-17;/h3-8H,9-11H2,1-2H3,(H2,22,23,24);1H. The van der Waals surface area contributed by atoms with Crippen LogP contribution in [0.4, 0.5) is 4.39 Å². The molecule has 0 saturated heterocycles. The molecule has 1 aromatic heterocycles. The molecule has 0 bridgehead atoms. The van der Waals surface area contributed by atoms with E-state index in [1.165, 1.54) is 12.1 Å². The molecule has 0 spiro atoms. The van der Waals surface area contributed by atoms with Gasteiger partial charge in [-0.2, -0.15) is 0 Å². The van der Waals surface area contributed by atoms with Gasteiger partial charge in [0, 0.05) is 24.5 Å². The average Bonchev–Trinajstić information content (AvgIpc) is 3.26. The number of aliphatic imine (C=N–C) groups is 1. The highest BCUT2D eigenvalue weighted by atomic mass is 127. The zero-order valence-electron chi connectivity index (χ0n) is 15.5. The maximum atomic E-state index is 13.4. The molecule has 1 aliphatic rings. The van der Waals surface area contributed by atoms with Gasteiger partial charge >= 0.3 is 0 Å². The summed E-state index contributed by atoms with van der Waals surface area (Å²) in [6, 6.07) is 10.4. The smallest absolute Gasteiger partial charge is 0.231 e. The summed E-state index contributed by atoms with van der Waals surface area (Å²) in [6.07, 6.45) is 0. The Labute approximate surface area is 179 Å². The lowest BCUT2D eigenvalue weighted by atomic mass is 10.1. The van der Waals surface area contributed by atoms with Gasteiger partial charge in [0.25, 0.3) is 0 Å². The van der Waals surface area contributed by atoms with Crippen LogP contribution in [0.1, 0.15) is 16.9 Å². The van der Waals surface area contributed by atoms with Crippen molar-refractivity contribution in [2.24, 2.45) is 4.99 Å². The minimum Gasteiger partial charge on any atom is -0.459 e. The minimum absolute atomic E-state index is 0. The van der Waals surface area contributed by atoms with Crippen LogP contribution in [-0.2, 0) is 13.1 Å². The molecule has 2 N–H and O–H groups in total. The molecule has 0 fully saturated rings. The summed E-state index contributed by atoms with van der Waals surface area (Å²) < 4.78 is 30.0. The van der Waals surface area contributed by atoms with E-state index < -0.39 is 0 Å². The molecule has 3 aromatic rings. The lowest BCUT2D eigenvalue weighted by Gasteiger charge is -2.11. The van der Waals surface area contributed by atoms with Crippen LogP contribution in [0.5, 0.6) is 11.5 Å². The number of ether oxygens (including phenoxy) is 2. The summed E-state index contributed by atoms with van der Waals surface area (Å²) in [5.74, 6) is 2.63. The summed E-state index contributed by atoms with van der Waals surface area (Å²) >= 11 is 0. The topological polar surface area (TPSA) is 68.0 Å². The average molecular weight is 497 g/mol. The van der Waals surface area contributed by atoms with Gasteiger partial charge in [-0.15, -0.1) is 24.0 Å². The summed E-state index contributed by atoms with van der Waals surface area (Å²) in [7, 11) is 1.70. The molecule has 0 unspecified atom stereocenters. The first kappa shape index (κ1) is 20.2. The molecule has 1 aliphatic heterocycles. The molecular formula is C20H21FIN3O3. The van der Waals surface area contributed by atoms with Crippen LogP contribution in [0.15, 0.2) is 45.8 Å². The van der Waals surface area contributed by atoms with Crippen LogP contribution >= 0.6 is 24.0 Å². The van der Waals surface area contributed by atoms with Crippen molar-refractivity contribution in [1.29, 1.82) is 0 Å². The second kappa shape index (κ2) is 8.68. The predicted molar refractivity (Wildman–Crippen MR) is 116 cm³/mol. The largest absolute Gasteiger partial charge is 0.459 e. The first-order valence-corrected chi connectivity index (χ1v) is 8.64. The van der Waals surface area contributed by atoms with Crippen molar-refractivity contribution in [3.63, 3.8) is 0 Å². The summed E-state index contributed by atoms with van der Waals surface area (Å²) in [6.45, 7) is 3.21. The summed E-state index contributed by atoms with van der Waals surface area (Å²) in [5, 5.41) is 7.26. The fraction of sp³-hybridized carbons (Fsp3) is 0.250. The molecule has 0 radical (unpaired) electrons. The predicted octanol–water partition coefficient (Wildman–Crippen LogP) is 4.09. The van der Waals surface area contributed by atoms with Gasteiger partial charge in [-0.25, -0.2) is 4.39 Å². The third-order valence-corrected chi connectivity index (χ3v) is 4.53. The first-order valence-electron chi connectivity index (χ1n) is 8.64. The van der Waals surface area contributed by atoms with Crippen molar-refractivity contribution in [2.75, 3.05) is 13.8 Å². The van der Waals surface area contributed by atoms with Gasteiger partial charge in [-0.05, 0) is 42.8 Å². The van der Waals surface area contributed by atoms with Crippen LogP contribution in [0.3, 0.4) is 0 Å². The molecular weight excluding hydrogens is 476 g/mol. The zero-order chi connectivity index (χ0) is 18.8. The van der Waals surface area contributed by atoms with Gasteiger partial charge in [0.15, 0.2) is 17.5 Å². The number of nitrogens with zero attached hydrogens (tertiary/aromatic N) is 1. The maximum Gasteiger partial charge on any atom is 0.231 e. The molecule has 2 heterocycles. The van der Waals surface area contributed by atoms with Crippen molar-refractivity contribution >= 4 is 40.9 Å². The third kappa shape index (κ3) is 4.16. The van der Waals surface area contributed by atoms with Gasteiger partial charge in [0.2, 0.25) is 6.79 Å². The Balaban J connectivity index is 0.00000225. The fourth-order valence-electron chi connectivity index (χ4n) is 3.03. The van der Waals surface area contributed by atoms with Crippen LogP contribution in [0, 0.1) is 12.7 Å². The van der Waals surface area contributed by atoms with Crippen molar-refractivity contribution < 1.29 is 18.3 Å². The van der Waals surface area contributed by atoms with Gasteiger partial charge in [0.1, 0.15) is 17.2 Å². The van der Waals surface area contributed by atoms with Crippen molar-refractivity contribution in [3.05, 3.63) is 59.1 Å². The second-order valence-electron chi connectivity index (χ2n) is 6.26. The molecule has 0 saturated carbocycles. The Bertz CT molecular complexity index is 1020.